The lowest BCUT2D eigenvalue weighted by Crippen LogP contribution is -2.34. The molecule has 2 rings (SSSR count). The van der Waals surface area contributed by atoms with Crippen LogP contribution in [0.5, 0.6) is 0 Å². The van der Waals surface area contributed by atoms with Crippen molar-refractivity contribution in [3.05, 3.63) is 50.9 Å². The SMILES string of the molecule is CCOC(=O)c1sc(NC(=S)NC(=O)c2ccc(C)cc2C)c(C#N)c1C. The largest absolute Gasteiger partial charge is 0.462 e. The number of aryl methyl sites for hydroxylation is 2. The van der Waals surface area contributed by atoms with Crippen LogP contribution in [0, 0.1) is 32.1 Å². The number of nitrogens with zero attached hydrogens (tertiary/aromatic N) is 1. The van der Waals surface area contributed by atoms with Crippen LogP contribution in [0.15, 0.2) is 18.2 Å². The Kier molecular flexibility index (Phi) is 6.66. The number of benzene rings is 1. The zero-order valence-corrected chi connectivity index (χ0v) is 17.1. The second-order valence-corrected chi connectivity index (χ2v) is 7.25. The molecule has 2 aromatic rings. The lowest BCUT2D eigenvalue weighted by Gasteiger charge is -2.10. The number of thiophene rings is 1. The number of hydrogen-bond acceptors (Lipinski definition) is 6. The van der Waals surface area contributed by atoms with E-state index in [0.717, 1.165) is 22.5 Å². The van der Waals surface area contributed by atoms with Crippen LogP contribution in [-0.2, 0) is 4.74 Å². The summed E-state index contributed by atoms with van der Waals surface area (Å²) in [5.41, 5.74) is 3.23. The van der Waals surface area contributed by atoms with E-state index in [1.807, 2.05) is 26.0 Å². The molecule has 0 spiro atoms. The Bertz CT molecular complexity index is 958. The van der Waals surface area contributed by atoms with Crippen LogP contribution < -0.4 is 10.6 Å². The third-order valence-electron chi connectivity index (χ3n) is 3.80. The van der Waals surface area contributed by atoms with Crippen LogP contribution in [-0.4, -0.2) is 23.6 Å². The topological polar surface area (TPSA) is 91.2 Å². The lowest BCUT2D eigenvalue weighted by molar-refractivity contribution is 0.0531. The summed E-state index contributed by atoms with van der Waals surface area (Å²) < 4.78 is 5.00. The first-order chi connectivity index (χ1) is 12.8. The third kappa shape index (κ3) is 4.70. The maximum atomic E-state index is 12.4. The Morgan fingerprint density at radius 2 is 2.00 bits per heavy atom. The molecular weight excluding hydrogens is 382 g/mol. The minimum absolute atomic E-state index is 0.0492. The van der Waals surface area contributed by atoms with Crippen molar-refractivity contribution >= 4 is 45.5 Å². The standard InChI is InChI=1S/C19H19N3O3S2/c1-5-25-18(24)15-12(4)14(9-20)17(27-15)22-19(26)21-16(23)13-7-6-10(2)8-11(13)3/h6-8H,5H2,1-4H3,(H2,21,22,23,26). The van der Waals surface area contributed by atoms with Crippen LogP contribution in [0.1, 0.15) is 49.2 Å². The average molecular weight is 402 g/mol. The summed E-state index contributed by atoms with van der Waals surface area (Å²) in [5, 5.41) is 15.3. The summed E-state index contributed by atoms with van der Waals surface area (Å²) in [6, 6.07) is 7.55. The van der Waals surface area contributed by atoms with E-state index >= 15 is 0 Å². The maximum absolute atomic E-state index is 12.4. The Labute approximate surface area is 167 Å². The monoisotopic (exact) mass is 401 g/mol. The molecule has 0 aliphatic carbocycles. The van der Waals surface area contributed by atoms with Crippen molar-refractivity contribution in [3.63, 3.8) is 0 Å². The highest BCUT2D eigenvalue weighted by molar-refractivity contribution is 7.80. The molecule has 0 aliphatic heterocycles. The van der Waals surface area contributed by atoms with E-state index in [9.17, 15) is 14.9 Å². The van der Waals surface area contributed by atoms with Gasteiger partial charge < -0.3 is 10.1 Å². The van der Waals surface area contributed by atoms with Gasteiger partial charge in [0.25, 0.3) is 5.91 Å². The number of rotatable bonds is 4. The average Bonchev–Trinajstić information content (AvgIpc) is 2.90. The van der Waals surface area contributed by atoms with Crippen LogP contribution in [0.3, 0.4) is 0 Å². The zero-order chi connectivity index (χ0) is 20.1. The molecule has 1 amide bonds. The molecule has 0 unspecified atom stereocenters. The highest BCUT2D eigenvalue weighted by Crippen LogP contribution is 2.33. The van der Waals surface area contributed by atoms with Crippen LogP contribution in [0.2, 0.25) is 0 Å². The number of ether oxygens (including phenoxy) is 1. The van der Waals surface area contributed by atoms with Gasteiger partial charge in [-0.2, -0.15) is 5.26 Å². The molecular formula is C19H19N3O3S2. The van der Waals surface area contributed by atoms with Gasteiger partial charge in [-0.05, 0) is 57.1 Å². The van der Waals surface area contributed by atoms with Gasteiger partial charge in [-0.1, -0.05) is 17.7 Å². The van der Waals surface area contributed by atoms with Crippen molar-refractivity contribution in [1.29, 1.82) is 5.26 Å². The molecule has 0 saturated carbocycles. The number of nitriles is 1. The minimum Gasteiger partial charge on any atom is -0.462 e. The Morgan fingerprint density at radius 3 is 2.59 bits per heavy atom. The molecule has 8 heteroatoms. The molecule has 1 aromatic carbocycles. The predicted octanol–water partition coefficient (Wildman–Crippen LogP) is 3.85. The fourth-order valence-corrected chi connectivity index (χ4v) is 3.82. The van der Waals surface area contributed by atoms with Gasteiger partial charge in [0.2, 0.25) is 0 Å². The lowest BCUT2D eigenvalue weighted by atomic mass is 10.1. The van der Waals surface area contributed by atoms with Crippen LogP contribution >= 0.6 is 23.6 Å². The van der Waals surface area contributed by atoms with Crippen molar-refractivity contribution < 1.29 is 14.3 Å². The van der Waals surface area contributed by atoms with Gasteiger partial charge in [-0.25, -0.2) is 4.79 Å². The Balaban J connectivity index is 2.18. The third-order valence-corrected chi connectivity index (χ3v) is 5.19. The molecule has 2 N–H and O–H groups in total. The molecule has 0 radical (unpaired) electrons. The Morgan fingerprint density at radius 1 is 1.30 bits per heavy atom. The van der Waals surface area contributed by atoms with Crippen LogP contribution in [0.25, 0.3) is 0 Å². The summed E-state index contributed by atoms with van der Waals surface area (Å²) in [6.07, 6.45) is 0. The van der Waals surface area contributed by atoms with Crippen molar-refractivity contribution in [3.8, 4) is 6.07 Å². The molecule has 0 saturated heterocycles. The first-order valence-corrected chi connectivity index (χ1v) is 9.41. The van der Waals surface area contributed by atoms with Gasteiger partial charge in [-0.3, -0.25) is 10.1 Å². The van der Waals surface area contributed by atoms with Crippen molar-refractivity contribution in [2.75, 3.05) is 11.9 Å². The molecule has 0 fully saturated rings. The molecule has 0 bridgehead atoms. The van der Waals surface area contributed by atoms with Crippen LogP contribution in [0.4, 0.5) is 5.00 Å². The first kappa shape index (κ1) is 20.6. The summed E-state index contributed by atoms with van der Waals surface area (Å²) in [5.74, 6) is -0.836. The Hall–Kier alpha value is -2.76. The van der Waals surface area contributed by atoms with E-state index in [2.05, 4.69) is 16.7 Å². The van der Waals surface area contributed by atoms with Gasteiger partial charge in [0.1, 0.15) is 15.9 Å². The van der Waals surface area contributed by atoms with Gasteiger partial charge in [0.05, 0.1) is 12.2 Å². The summed E-state index contributed by atoms with van der Waals surface area (Å²) in [7, 11) is 0. The number of nitrogens with one attached hydrogen (secondary N) is 2. The zero-order valence-electron chi connectivity index (χ0n) is 15.4. The van der Waals surface area contributed by atoms with E-state index < -0.39 is 5.97 Å². The van der Waals surface area contributed by atoms with E-state index in [1.54, 1.807) is 19.9 Å². The molecule has 27 heavy (non-hydrogen) atoms. The summed E-state index contributed by atoms with van der Waals surface area (Å²) in [4.78, 5) is 24.8. The van der Waals surface area contributed by atoms with E-state index in [1.165, 1.54) is 0 Å². The number of carbonyl (C=O) groups is 2. The number of amides is 1. The highest BCUT2D eigenvalue weighted by Gasteiger charge is 2.22. The highest BCUT2D eigenvalue weighted by atomic mass is 32.1. The van der Waals surface area contributed by atoms with Gasteiger partial charge in [0.15, 0.2) is 5.11 Å². The fourth-order valence-electron chi connectivity index (χ4n) is 2.50. The van der Waals surface area contributed by atoms with E-state index in [4.69, 9.17) is 17.0 Å². The predicted molar refractivity (Wildman–Crippen MR) is 109 cm³/mol. The molecule has 1 aromatic heterocycles. The quantitative estimate of drug-likeness (QED) is 0.597. The minimum atomic E-state index is -0.491. The smallest absolute Gasteiger partial charge is 0.348 e. The normalized spacial score (nSPS) is 10.0. The number of thiocarbonyl (C=S) groups is 1. The molecule has 1 heterocycles. The van der Waals surface area contributed by atoms with E-state index in [-0.39, 0.29) is 17.6 Å². The number of hydrogen-bond donors (Lipinski definition) is 2. The first-order valence-electron chi connectivity index (χ1n) is 8.18. The summed E-state index contributed by atoms with van der Waals surface area (Å²) in [6.45, 7) is 7.42. The second kappa shape index (κ2) is 8.75. The molecule has 0 atom stereocenters. The summed E-state index contributed by atoms with van der Waals surface area (Å²) >= 11 is 6.26. The number of esters is 1. The van der Waals surface area contributed by atoms with Crippen molar-refractivity contribution in [2.45, 2.75) is 27.7 Å². The second-order valence-electron chi connectivity index (χ2n) is 5.82. The molecule has 140 valence electrons. The van der Waals surface area contributed by atoms with Gasteiger partial charge in [0, 0.05) is 5.56 Å². The fraction of sp³-hybridized carbons (Fsp3) is 0.263. The number of anilines is 1. The molecule has 0 aliphatic rings. The number of carbonyl (C=O) groups excluding carboxylic acids is 2. The van der Waals surface area contributed by atoms with Gasteiger partial charge >= 0.3 is 5.97 Å². The van der Waals surface area contributed by atoms with Crippen molar-refractivity contribution in [2.24, 2.45) is 0 Å². The van der Waals surface area contributed by atoms with E-state index in [0.29, 0.717) is 26.6 Å². The van der Waals surface area contributed by atoms with Gasteiger partial charge in [-0.15, -0.1) is 11.3 Å². The molecule has 6 nitrogen and oxygen atoms in total. The maximum Gasteiger partial charge on any atom is 0.348 e. The van der Waals surface area contributed by atoms with Crippen molar-refractivity contribution in [1.82, 2.24) is 5.32 Å².